The van der Waals surface area contributed by atoms with Crippen molar-refractivity contribution in [1.29, 1.82) is 0 Å². The summed E-state index contributed by atoms with van der Waals surface area (Å²) in [6, 6.07) is 2.00. The van der Waals surface area contributed by atoms with E-state index < -0.39 is 18.0 Å². The molecule has 1 aromatic rings. The molecule has 3 heterocycles. The predicted molar refractivity (Wildman–Crippen MR) is 93.3 cm³/mol. The van der Waals surface area contributed by atoms with Crippen molar-refractivity contribution in [3.63, 3.8) is 0 Å². The van der Waals surface area contributed by atoms with Crippen molar-refractivity contribution < 1.29 is 28.6 Å². The fraction of sp³-hybridized carbons (Fsp3) is 0.529. The van der Waals surface area contributed by atoms with Crippen molar-refractivity contribution in [2.45, 2.75) is 12.1 Å². The maximum Gasteiger partial charge on any atom is 0.321 e. The second-order valence-corrected chi connectivity index (χ2v) is 6.79. The fourth-order valence-electron chi connectivity index (χ4n) is 3.63. The number of amides is 3. The summed E-state index contributed by atoms with van der Waals surface area (Å²) in [7, 11) is 0. The third kappa shape index (κ3) is 3.68. The minimum absolute atomic E-state index is 0.0448. The van der Waals surface area contributed by atoms with Crippen molar-refractivity contribution in [3.8, 4) is 5.75 Å². The lowest BCUT2D eigenvalue weighted by Crippen LogP contribution is -2.49. The summed E-state index contributed by atoms with van der Waals surface area (Å²) in [5.41, 5.74) is 0.376. The molecule has 0 aromatic heterocycles. The van der Waals surface area contributed by atoms with E-state index >= 15 is 0 Å². The summed E-state index contributed by atoms with van der Waals surface area (Å²) < 4.78 is 24.5. The number of nitrogens with zero attached hydrogens (tertiary/aromatic N) is 2. The fourth-order valence-corrected chi connectivity index (χ4v) is 3.63. The second kappa shape index (κ2) is 7.29. The Kier molecular flexibility index (Phi) is 4.85. The highest BCUT2D eigenvalue weighted by Crippen LogP contribution is 2.34. The number of hydrogen-bond donors (Lipinski definition) is 3. The van der Waals surface area contributed by atoms with Gasteiger partial charge in [0.25, 0.3) is 5.91 Å². The van der Waals surface area contributed by atoms with E-state index in [0.29, 0.717) is 32.8 Å². The van der Waals surface area contributed by atoms with Crippen LogP contribution in [0.2, 0.25) is 0 Å². The van der Waals surface area contributed by atoms with E-state index in [1.807, 2.05) is 0 Å². The number of urea groups is 1. The molecule has 0 spiro atoms. The highest BCUT2D eigenvalue weighted by Gasteiger charge is 2.38. The molecular weight excluding hydrogens is 359 g/mol. The number of carbonyl (C=O) groups is 2. The van der Waals surface area contributed by atoms with E-state index in [1.54, 1.807) is 0 Å². The quantitative estimate of drug-likeness (QED) is 0.671. The summed E-state index contributed by atoms with van der Waals surface area (Å²) in [6.45, 7) is 2.97. The third-order valence-electron chi connectivity index (χ3n) is 4.98. The number of rotatable bonds is 2. The van der Waals surface area contributed by atoms with Crippen LogP contribution in [0, 0.1) is 5.82 Å². The van der Waals surface area contributed by atoms with Crippen LogP contribution in [0.4, 0.5) is 20.6 Å². The number of fused-ring (bicyclic) bond motifs is 1. The molecule has 27 heavy (non-hydrogen) atoms. The van der Waals surface area contributed by atoms with Gasteiger partial charge in [0.1, 0.15) is 0 Å². The molecule has 0 unspecified atom stereocenters. The zero-order valence-electron chi connectivity index (χ0n) is 14.6. The molecule has 146 valence electrons. The highest BCUT2D eigenvalue weighted by molar-refractivity contribution is 5.97. The van der Waals surface area contributed by atoms with Crippen LogP contribution in [0.5, 0.6) is 5.75 Å². The predicted octanol–water partition coefficient (Wildman–Crippen LogP) is 0.0658. The molecule has 4 rings (SSSR count). The topological polar surface area (TPSA) is 103 Å². The Morgan fingerprint density at radius 2 is 2.07 bits per heavy atom. The zero-order chi connectivity index (χ0) is 19.0. The molecule has 0 aliphatic carbocycles. The Balaban J connectivity index is 1.43. The number of likely N-dealkylation sites (tertiary alicyclic amines) is 1. The molecule has 9 nitrogen and oxygen atoms in total. The molecule has 0 bridgehead atoms. The van der Waals surface area contributed by atoms with Gasteiger partial charge in [-0.15, -0.1) is 0 Å². The van der Waals surface area contributed by atoms with Crippen LogP contribution in [-0.4, -0.2) is 85.0 Å². The summed E-state index contributed by atoms with van der Waals surface area (Å²) in [4.78, 5) is 27.6. The van der Waals surface area contributed by atoms with E-state index in [1.165, 1.54) is 11.0 Å². The average Bonchev–Trinajstić information content (AvgIpc) is 3.04. The van der Waals surface area contributed by atoms with Crippen molar-refractivity contribution in [2.75, 3.05) is 56.6 Å². The van der Waals surface area contributed by atoms with Gasteiger partial charge in [-0.05, 0) is 6.07 Å². The summed E-state index contributed by atoms with van der Waals surface area (Å²) in [5.74, 6) is -1.10. The monoisotopic (exact) mass is 380 g/mol. The smallest absolute Gasteiger partial charge is 0.321 e. The highest BCUT2D eigenvalue weighted by atomic mass is 19.1. The number of morpholine rings is 1. The van der Waals surface area contributed by atoms with Crippen LogP contribution in [0.25, 0.3) is 0 Å². The first-order valence-electron chi connectivity index (χ1n) is 8.83. The number of anilines is 2. The average molecular weight is 380 g/mol. The second-order valence-electron chi connectivity index (χ2n) is 6.79. The van der Waals surface area contributed by atoms with Crippen LogP contribution in [0.15, 0.2) is 12.1 Å². The van der Waals surface area contributed by atoms with E-state index in [-0.39, 0.29) is 42.2 Å². The largest absolute Gasteiger partial charge is 0.478 e. The molecule has 3 amide bonds. The van der Waals surface area contributed by atoms with Crippen LogP contribution in [0.3, 0.4) is 0 Å². The van der Waals surface area contributed by atoms with Crippen LogP contribution >= 0.6 is 0 Å². The van der Waals surface area contributed by atoms with Crippen molar-refractivity contribution in [2.24, 2.45) is 0 Å². The van der Waals surface area contributed by atoms with Crippen LogP contribution < -0.4 is 15.4 Å². The first-order chi connectivity index (χ1) is 13.0. The normalized spacial score (nSPS) is 25.6. The number of hydrogen-bond acceptors (Lipinski definition) is 6. The lowest BCUT2D eigenvalue weighted by Gasteiger charge is -2.33. The van der Waals surface area contributed by atoms with Gasteiger partial charge in [0.05, 0.1) is 37.6 Å². The Labute approximate surface area is 155 Å². The molecular formula is C17H21FN4O5. The Hall–Kier alpha value is -2.43. The number of benzene rings is 1. The van der Waals surface area contributed by atoms with Crippen molar-refractivity contribution in [1.82, 2.24) is 9.80 Å². The number of carbonyl (C=O) groups excluding carboxylic acids is 2. The summed E-state index contributed by atoms with van der Waals surface area (Å²) in [5, 5.41) is 15.5. The van der Waals surface area contributed by atoms with Gasteiger partial charge in [-0.1, -0.05) is 0 Å². The van der Waals surface area contributed by atoms with Crippen molar-refractivity contribution in [3.05, 3.63) is 17.9 Å². The van der Waals surface area contributed by atoms with E-state index in [4.69, 9.17) is 9.47 Å². The first kappa shape index (κ1) is 18.0. The number of ether oxygens (including phenoxy) is 2. The maximum atomic E-state index is 14.2. The van der Waals surface area contributed by atoms with E-state index in [0.717, 1.165) is 6.07 Å². The Morgan fingerprint density at radius 1 is 1.30 bits per heavy atom. The van der Waals surface area contributed by atoms with E-state index in [2.05, 4.69) is 15.5 Å². The van der Waals surface area contributed by atoms with Gasteiger partial charge in [-0.3, -0.25) is 9.69 Å². The lowest BCUT2D eigenvalue weighted by atomic mass is 10.2. The number of nitrogens with one attached hydrogen (secondary N) is 2. The molecule has 2 fully saturated rings. The maximum absolute atomic E-state index is 14.2. The molecule has 1 aromatic carbocycles. The summed E-state index contributed by atoms with van der Waals surface area (Å²) in [6.07, 6.45) is -0.651. The van der Waals surface area contributed by atoms with Crippen LogP contribution in [-0.2, 0) is 9.53 Å². The van der Waals surface area contributed by atoms with Gasteiger partial charge in [-0.25, -0.2) is 9.18 Å². The molecule has 2 atom stereocenters. The summed E-state index contributed by atoms with van der Waals surface area (Å²) >= 11 is 0. The van der Waals surface area contributed by atoms with Crippen molar-refractivity contribution >= 4 is 23.3 Å². The molecule has 3 N–H and O–H groups in total. The molecule has 3 aliphatic rings. The molecule has 10 heteroatoms. The minimum Gasteiger partial charge on any atom is -0.478 e. The SMILES string of the molecule is O=C1COc2c(F)cc(NC(=O)N3C[C@H](O)[C@@H](N4CCOCC4)C3)cc2N1. The van der Waals surface area contributed by atoms with Gasteiger partial charge in [-0.2, -0.15) is 0 Å². The zero-order valence-corrected chi connectivity index (χ0v) is 14.6. The molecule has 2 saturated heterocycles. The number of aliphatic hydroxyl groups excluding tert-OH is 1. The minimum atomic E-state index is -0.671. The molecule has 3 aliphatic heterocycles. The van der Waals surface area contributed by atoms with Gasteiger partial charge in [0, 0.05) is 31.4 Å². The lowest BCUT2D eigenvalue weighted by molar-refractivity contribution is -0.118. The standard InChI is InChI=1S/C17H21FN4O5/c18-11-5-10(6-12-16(11)27-9-15(24)20-12)19-17(25)22-7-13(14(23)8-22)21-1-3-26-4-2-21/h5-6,13-14,23H,1-4,7-9H2,(H,19,25)(H,20,24)/t13-,14-/m0/s1. The molecule has 0 saturated carbocycles. The number of halogens is 1. The van der Waals surface area contributed by atoms with Crippen LogP contribution in [0.1, 0.15) is 0 Å². The number of β-amino-alcohol motifs (C(OH)–C–C–N with tert-alkyl or cyclic N) is 1. The van der Waals surface area contributed by atoms with E-state index in [9.17, 15) is 19.1 Å². The third-order valence-corrected chi connectivity index (χ3v) is 4.98. The van der Waals surface area contributed by atoms with Gasteiger partial charge in [0.2, 0.25) is 0 Å². The van der Waals surface area contributed by atoms with Gasteiger partial charge in [0.15, 0.2) is 18.2 Å². The Morgan fingerprint density at radius 3 is 2.85 bits per heavy atom. The van der Waals surface area contributed by atoms with Gasteiger partial charge < -0.3 is 30.1 Å². The number of aliphatic hydroxyl groups is 1. The van der Waals surface area contributed by atoms with Gasteiger partial charge >= 0.3 is 6.03 Å². The first-order valence-corrected chi connectivity index (χ1v) is 8.83. The Bertz CT molecular complexity index is 755. The molecule has 0 radical (unpaired) electrons.